The summed E-state index contributed by atoms with van der Waals surface area (Å²) < 4.78 is 0. The molecular weight excluding hydrogens is 261 g/mol. The first-order valence-corrected chi connectivity index (χ1v) is 6.64. The van der Waals surface area contributed by atoms with Gasteiger partial charge in [0, 0.05) is 0 Å². The second-order valence-corrected chi connectivity index (χ2v) is 5.00. The molecule has 0 aliphatic carbocycles. The van der Waals surface area contributed by atoms with Gasteiger partial charge in [-0.15, -0.1) is 0 Å². The highest BCUT2D eigenvalue weighted by atomic mass is 16.1. The zero-order valence-corrected chi connectivity index (χ0v) is 11.6. The first-order chi connectivity index (χ1) is 10.2. The van der Waals surface area contributed by atoms with Gasteiger partial charge in [0.2, 0.25) is 5.91 Å². The average Bonchev–Trinajstić information content (AvgIpc) is 2.65. The number of nitrogens with one attached hydrogen (secondary N) is 1. The van der Waals surface area contributed by atoms with Crippen molar-refractivity contribution in [3.63, 3.8) is 0 Å². The Bertz CT molecular complexity index is 805. The van der Waals surface area contributed by atoms with Crippen LogP contribution in [0.1, 0.15) is 17.5 Å². The van der Waals surface area contributed by atoms with Gasteiger partial charge in [0.1, 0.15) is 7.85 Å². The minimum atomic E-state index is -0.0968. The Morgan fingerprint density at radius 2 is 2.10 bits per heavy atom. The molecule has 0 saturated carbocycles. The Morgan fingerprint density at radius 1 is 1.24 bits per heavy atom. The zero-order valence-electron chi connectivity index (χ0n) is 11.6. The van der Waals surface area contributed by atoms with Gasteiger partial charge in [0.15, 0.2) is 0 Å². The van der Waals surface area contributed by atoms with E-state index in [1.807, 2.05) is 32.1 Å². The lowest BCUT2D eigenvalue weighted by molar-refractivity contribution is -0.115. The third kappa shape index (κ3) is 2.70. The summed E-state index contributed by atoms with van der Waals surface area (Å²) in [6.07, 6.45) is 0.197. The molecule has 1 aliphatic heterocycles. The Balaban J connectivity index is 2.11. The first kappa shape index (κ1) is 13.1. The number of hydrogen-bond donors (Lipinski definition) is 1. The molecule has 0 saturated heterocycles. The summed E-state index contributed by atoms with van der Waals surface area (Å²) in [7, 11) is 1.97. The molecule has 2 aromatic carbocycles. The molecule has 1 aliphatic rings. The second-order valence-electron chi connectivity index (χ2n) is 5.00. The van der Waals surface area contributed by atoms with E-state index in [1.165, 1.54) is 0 Å². The minimum Gasteiger partial charge on any atom is -0.324 e. The molecule has 0 fully saturated rings. The van der Waals surface area contributed by atoms with E-state index in [0.717, 1.165) is 22.4 Å². The smallest absolute Gasteiger partial charge is 0.230 e. The Kier molecular flexibility index (Phi) is 3.29. The molecule has 0 radical (unpaired) electrons. The van der Waals surface area contributed by atoms with Crippen molar-refractivity contribution in [2.75, 3.05) is 5.32 Å². The fraction of sp³-hybridized carbons (Fsp3) is 0.0625. The minimum absolute atomic E-state index is 0.0968. The van der Waals surface area contributed by atoms with Crippen LogP contribution in [0.4, 0.5) is 11.4 Å². The SMILES string of the molecule is Bc1ccc2c(c1)NC(=O)CC(c1cccc(C#N)c1)=N2. The number of anilines is 1. The molecule has 1 N–H and O–H groups in total. The molecule has 3 rings (SSSR count). The van der Waals surface area contributed by atoms with Gasteiger partial charge in [0.25, 0.3) is 0 Å². The van der Waals surface area contributed by atoms with Gasteiger partial charge in [-0.1, -0.05) is 23.7 Å². The zero-order chi connectivity index (χ0) is 14.8. The van der Waals surface area contributed by atoms with E-state index in [0.29, 0.717) is 11.3 Å². The molecule has 2 aromatic rings. The van der Waals surface area contributed by atoms with Crippen LogP contribution in [-0.2, 0) is 4.79 Å². The van der Waals surface area contributed by atoms with Crippen LogP contribution in [0.2, 0.25) is 0 Å². The number of benzene rings is 2. The standard InChI is InChI=1S/C16H12BN3O/c17-12-4-5-13-15(7-12)20-16(21)8-14(19-13)11-3-1-2-10(6-11)9-18/h1-7H,8,17H2,(H,20,21). The molecule has 1 heterocycles. The number of carbonyl (C=O) groups is 1. The van der Waals surface area contributed by atoms with E-state index in [1.54, 1.807) is 18.2 Å². The van der Waals surface area contributed by atoms with Crippen molar-refractivity contribution in [3.8, 4) is 6.07 Å². The van der Waals surface area contributed by atoms with Crippen LogP contribution >= 0.6 is 0 Å². The number of fused-ring (bicyclic) bond motifs is 1. The topological polar surface area (TPSA) is 65.2 Å². The number of nitriles is 1. The van der Waals surface area contributed by atoms with Crippen molar-refractivity contribution in [3.05, 3.63) is 53.6 Å². The van der Waals surface area contributed by atoms with E-state index in [-0.39, 0.29) is 12.3 Å². The van der Waals surface area contributed by atoms with Crippen molar-refractivity contribution in [2.24, 2.45) is 4.99 Å². The third-order valence-electron chi connectivity index (χ3n) is 3.33. The number of carbonyl (C=O) groups excluding carboxylic acids is 1. The molecule has 5 heteroatoms. The summed E-state index contributed by atoms with van der Waals surface area (Å²) >= 11 is 0. The molecule has 4 nitrogen and oxygen atoms in total. The maximum absolute atomic E-state index is 12.0. The van der Waals surface area contributed by atoms with Gasteiger partial charge in [-0.2, -0.15) is 5.26 Å². The maximum Gasteiger partial charge on any atom is 0.230 e. The first-order valence-electron chi connectivity index (χ1n) is 6.64. The van der Waals surface area contributed by atoms with Crippen molar-refractivity contribution >= 4 is 36.3 Å². The van der Waals surface area contributed by atoms with Gasteiger partial charge in [-0.05, 0) is 29.8 Å². The van der Waals surface area contributed by atoms with Crippen molar-refractivity contribution < 1.29 is 4.79 Å². The molecule has 1 amide bonds. The highest BCUT2D eigenvalue weighted by molar-refractivity contribution is 6.33. The molecule has 21 heavy (non-hydrogen) atoms. The summed E-state index contributed by atoms with van der Waals surface area (Å²) in [5.41, 5.74) is 4.57. The van der Waals surface area contributed by atoms with Crippen LogP contribution in [0.5, 0.6) is 0 Å². The van der Waals surface area contributed by atoms with Crippen LogP contribution in [0.25, 0.3) is 0 Å². The lowest BCUT2D eigenvalue weighted by Gasteiger charge is -2.04. The number of hydrogen-bond acceptors (Lipinski definition) is 3. The van der Waals surface area contributed by atoms with Gasteiger partial charge < -0.3 is 5.32 Å². The lowest BCUT2D eigenvalue weighted by Crippen LogP contribution is -2.15. The number of nitrogens with zero attached hydrogens (tertiary/aromatic N) is 2. The summed E-state index contributed by atoms with van der Waals surface area (Å²) in [5, 5.41) is 11.9. The molecular formula is C16H12BN3O. The van der Waals surface area contributed by atoms with Crippen LogP contribution in [-0.4, -0.2) is 19.5 Å². The maximum atomic E-state index is 12.0. The van der Waals surface area contributed by atoms with Gasteiger partial charge in [0.05, 0.1) is 35.1 Å². The van der Waals surface area contributed by atoms with Crippen LogP contribution in [0, 0.1) is 11.3 Å². The molecule has 0 aromatic heterocycles. The fourth-order valence-electron chi connectivity index (χ4n) is 2.31. The summed E-state index contributed by atoms with van der Waals surface area (Å²) in [6, 6.07) is 15.0. The number of rotatable bonds is 1. The fourth-order valence-corrected chi connectivity index (χ4v) is 2.31. The summed E-state index contributed by atoms with van der Waals surface area (Å²) in [4.78, 5) is 16.6. The molecule has 0 unspecified atom stereocenters. The van der Waals surface area contributed by atoms with Crippen LogP contribution < -0.4 is 10.8 Å². The van der Waals surface area contributed by atoms with Gasteiger partial charge in [-0.25, -0.2) is 0 Å². The van der Waals surface area contributed by atoms with Crippen LogP contribution in [0.3, 0.4) is 0 Å². The number of aliphatic imine (C=N–C) groups is 1. The third-order valence-corrected chi connectivity index (χ3v) is 3.33. The lowest BCUT2D eigenvalue weighted by atomic mass is 9.95. The largest absolute Gasteiger partial charge is 0.324 e. The summed E-state index contributed by atoms with van der Waals surface area (Å²) in [6.45, 7) is 0. The Labute approximate surface area is 123 Å². The van der Waals surface area contributed by atoms with E-state index >= 15 is 0 Å². The normalized spacial score (nSPS) is 13.5. The number of amides is 1. The predicted octanol–water partition coefficient (Wildman–Crippen LogP) is 1.28. The Morgan fingerprint density at radius 3 is 2.90 bits per heavy atom. The van der Waals surface area contributed by atoms with Crippen molar-refractivity contribution in [1.82, 2.24) is 0 Å². The molecule has 0 atom stereocenters. The highest BCUT2D eigenvalue weighted by Crippen LogP contribution is 2.27. The van der Waals surface area contributed by atoms with Crippen molar-refractivity contribution in [1.29, 1.82) is 5.26 Å². The molecule has 100 valence electrons. The Hall–Kier alpha value is -2.87. The predicted molar refractivity (Wildman–Crippen MR) is 85.2 cm³/mol. The monoisotopic (exact) mass is 273 g/mol. The molecule has 0 spiro atoms. The average molecular weight is 273 g/mol. The summed E-state index contributed by atoms with van der Waals surface area (Å²) in [5.74, 6) is -0.0968. The van der Waals surface area contributed by atoms with Gasteiger partial charge in [-0.3, -0.25) is 9.79 Å². The quantitative estimate of drug-likeness (QED) is 0.795. The van der Waals surface area contributed by atoms with Crippen LogP contribution in [0.15, 0.2) is 47.5 Å². The van der Waals surface area contributed by atoms with E-state index in [9.17, 15) is 4.79 Å². The highest BCUT2D eigenvalue weighted by Gasteiger charge is 2.17. The van der Waals surface area contributed by atoms with E-state index in [2.05, 4.69) is 16.4 Å². The van der Waals surface area contributed by atoms with E-state index in [4.69, 9.17) is 5.26 Å². The second kappa shape index (κ2) is 5.26. The molecule has 0 bridgehead atoms. The van der Waals surface area contributed by atoms with E-state index < -0.39 is 0 Å². The van der Waals surface area contributed by atoms with Crippen molar-refractivity contribution in [2.45, 2.75) is 6.42 Å². The van der Waals surface area contributed by atoms with Gasteiger partial charge >= 0.3 is 0 Å².